The SMILES string of the molecule is CC(C)NC(=O)c1ccc(OC2CCCC2)cc1. The molecule has 1 aromatic rings. The highest BCUT2D eigenvalue weighted by Gasteiger charge is 2.16. The molecule has 1 amide bonds. The average molecular weight is 247 g/mol. The molecule has 1 aliphatic carbocycles. The molecular weight excluding hydrogens is 226 g/mol. The van der Waals surface area contributed by atoms with E-state index < -0.39 is 0 Å². The Bertz CT molecular complexity index is 391. The number of hydrogen-bond donors (Lipinski definition) is 1. The number of benzene rings is 1. The molecule has 1 aliphatic rings. The van der Waals surface area contributed by atoms with Crippen molar-refractivity contribution in [2.24, 2.45) is 0 Å². The lowest BCUT2D eigenvalue weighted by Crippen LogP contribution is -2.29. The zero-order chi connectivity index (χ0) is 13.0. The summed E-state index contributed by atoms with van der Waals surface area (Å²) < 4.78 is 5.86. The summed E-state index contributed by atoms with van der Waals surface area (Å²) in [4.78, 5) is 11.8. The smallest absolute Gasteiger partial charge is 0.251 e. The Morgan fingerprint density at radius 2 is 1.83 bits per heavy atom. The van der Waals surface area contributed by atoms with Crippen molar-refractivity contribution in [3.05, 3.63) is 29.8 Å². The van der Waals surface area contributed by atoms with E-state index >= 15 is 0 Å². The van der Waals surface area contributed by atoms with Gasteiger partial charge in [0.25, 0.3) is 5.91 Å². The Hall–Kier alpha value is -1.51. The minimum atomic E-state index is -0.0302. The molecule has 98 valence electrons. The largest absolute Gasteiger partial charge is 0.490 e. The van der Waals surface area contributed by atoms with Gasteiger partial charge in [-0.25, -0.2) is 0 Å². The molecule has 0 heterocycles. The van der Waals surface area contributed by atoms with Gasteiger partial charge < -0.3 is 10.1 Å². The van der Waals surface area contributed by atoms with E-state index in [4.69, 9.17) is 4.74 Å². The molecule has 3 nitrogen and oxygen atoms in total. The third-order valence-corrected chi connectivity index (χ3v) is 3.14. The molecule has 0 radical (unpaired) electrons. The molecule has 1 N–H and O–H groups in total. The van der Waals surface area contributed by atoms with Gasteiger partial charge in [-0.05, 0) is 63.8 Å². The fourth-order valence-electron chi connectivity index (χ4n) is 2.23. The average Bonchev–Trinajstić information content (AvgIpc) is 2.82. The molecule has 0 spiro atoms. The molecule has 0 aliphatic heterocycles. The van der Waals surface area contributed by atoms with Crippen LogP contribution in [0.3, 0.4) is 0 Å². The van der Waals surface area contributed by atoms with Crippen LogP contribution in [0.2, 0.25) is 0 Å². The molecular formula is C15H21NO2. The van der Waals surface area contributed by atoms with E-state index in [9.17, 15) is 4.79 Å². The molecule has 0 atom stereocenters. The lowest BCUT2D eigenvalue weighted by atomic mass is 10.2. The minimum Gasteiger partial charge on any atom is -0.490 e. The van der Waals surface area contributed by atoms with Gasteiger partial charge in [-0.3, -0.25) is 4.79 Å². The first kappa shape index (κ1) is 12.9. The van der Waals surface area contributed by atoms with Crippen molar-refractivity contribution in [3.63, 3.8) is 0 Å². The third-order valence-electron chi connectivity index (χ3n) is 3.14. The van der Waals surface area contributed by atoms with Crippen LogP contribution in [0.5, 0.6) is 5.75 Å². The molecule has 0 bridgehead atoms. The van der Waals surface area contributed by atoms with Crippen molar-refractivity contribution in [3.8, 4) is 5.75 Å². The maximum Gasteiger partial charge on any atom is 0.251 e. The number of amides is 1. The number of carbonyl (C=O) groups excluding carboxylic acids is 1. The fraction of sp³-hybridized carbons (Fsp3) is 0.533. The van der Waals surface area contributed by atoms with Crippen LogP contribution >= 0.6 is 0 Å². The van der Waals surface area contributed by atoms with Gasteiger partial charge in [0, 0.05) is 11.6 Å². The van der Waals surface area contributed by atoms with Crippen LogP contribution in [0, 0.1) is 0 Å². The number of carbonyl (C=O) groups is 1. The molecule has 0 unspecified atom stereocenters. The van der Waals surface area contributed by atoms with Gasteiger partial charge >= 0.3 is 0 Å². The molecule has 1 saturated carbocycles. The number of ether oxygens (including phenoxy) is 1. The molecule has 1 aromatic carbocycles. The standard InChI is InChI=1S/C15H21NO2/c1-11(2)16-15(17)12-7-9-14(10-8-12)18-13-5-3-4-6-13/h7-11,13H,3-6H2,1-2H3,(H,16,17). The summed E-state index contributed by atoms with van der Waals surface area (Å²) in [7, 11) is 0. The summed E-state index contributed by atoms with van der Waals surface area (Å²) >= 11 is 0. The van der Waals surface area contributed by atoms with E-state index in [0.29, 0.717) is 11.7 Å². The Kier molecular flexibility index (Phi) is 4.24. The number of rotatable bonds is 4. The van der Waals surface area contributed by atoms with E-state index in [1.165, 1.54) is 12.8 Å². The second kappa shape index (κ2) is 5.89. The first-order valence-corrected chi connectivity index (χ1v) is 6.73. The van der Waals surface area contributed by atoms with Crippen LogP contribution in [0.25, 0.3) is 0 Å². The van der Waals surface area contributed by atoms with Crippen molar-refractivity contribution >= 4 is 5.91 Å². The van der Waals surface area contributed by atoms with Crippen molar-refractivity contribution in [2.45, 2.75) is 51.7 Å². The summed E-state index contributed by atoms with van der Waals surface area (Å²) in [6, 6.07) is 7.57. The lowest BCUT2D eigenvalue weighted by molar-refractivity contribution is 0.0943. The molecule has 18 heavy (non-hydrogen) atoms. The molecule has 3 heteroatoms. The third kappa shape index (κ3) is 3.49. The van der Waals surface area contributed by atoms with Crippen molar-refractivity contribution in [2.75, 3.05) is 0 Å². The minimum absolute atomic E-state index is 0.0302. The highest BCUT2D eigenvalue weighted by molar-refractivity contribution is 5.94. The van der Waals surface area contributed by atoms with Crippen LogP contribution in [0.4, 0.5) is 0 Å². The highest BCUT2D eigenvalue weighted by Crippen LogP contribution is 2.24. The summed E-state index contributed by atoms with van der Waals surface area (Å²) in [5, 5.41) is 2.87. The zero-order valence-corrected chi connectivity index (χ0v) is 11.1. The highest BCUT2D eigenvalue weighted by atomic mass is 16.5. The Morgan fingerprint density at radius 3 is 2.39 bits per heavy atom. The van der Waals surface area contributed by atoms with Crippen LogP contribution in [0.15, 0.2) is 24.3 Å². The van der Waals surface area contributed by atoms with Crippen LogP contribution in [-0.2, 0) is 0 Å². The maximum absolute atomic E-state index is 11.8. The predicted octanol–water partition coefficient (Wildman–Crippen LogP) is 3.15. The predicted molar refractivity (Wildman–Crippen MR) is 71.9 cm³/mol. The summed E-state index contributed by atoms with van der Waals surface area (Å²) in [6.07, 6.45) is 5.19. The van der Waals surface area contributed by atoms with Crippen LogP contribution < -0.4 is 10.1 Å². The quantitative estimate of drug-likeness (QED) is 0.887. The van der Waals surface area contributed by atoms with Gasteiger partial charge in [0.1, 0.15) is 5.75 Å². The lowest BCUT2D eigenvalue weighted by Gasteiger charge is -2.13. The van der Waals surface area contributed by atoms with E-state index in [1.807, 2.05) is 38.1 Å². The van der Waals surface area contributed by atoms with Crippen LogP contribution in [0.1, 0.15) is 49.9 Å². The van der Waals surface area contributed by atoms with Gasteiger partial charge in [-0.15, -0.1) is 0 Å². The second-order valence-electron chi connectivity index (χ2n) is 5.18. The monoisotopic (exact) mass is 247 g/mol. The Labute approximate surface area is 109 Å². The van der Waals surface area contributed by atoms with E-state index in [1.54, 1.807) is 0 Å². The topological polar surface area (TPSA) is 38.3 Å². The van der Waals surface area contributed by atoms with Crippen molar-refractivity contribution in [1.29, 1.82) is 0 Å². The zero-order valence-electron chi connectivity index (χ0n) is 11.1. The summed E-state index contributed by atoms with van der Waals surface area (Å²) in [5.74, 6) is 0.834. The fourth-order valence-corrected chi connectivity index (χ4v) is 2.23. The normalized spacial score (nSPS) is 15.9. The number of hydrogen-bond acceptors (Lipinski definition) is 2. The molecule has 1 fully saturated rings. The Balaban J connectivity index is 1.94. The van der Waals surface area contributed by atoms with E-state index in [2.05, 4.69) is 5.32 Å². The first-order chi connectivity index (χ1) is 8.65. The first-order valence-electron chi connectivity index (χ1n) is 6.73. The van der Waals surface area contributed by atoms with Gasteiger partial charge in [0.2, 0.25) is 0 Å². The van der Waals surface area contributed by atoms with E-state index in [0.717, 1.165) is 18.6 Å². The van der Waals surface area contributed by atoms with Crippen molar-refractivity contribution in [1.82, 2.24) is 5.32 Å². The van der Waals surface area contributed by atoms with Gasteiger partial charge in [0.05, 0.1) is 6.10 Å². The van der Waals surface area contributed by atoms with Gasteiger partial charge in [-0.2, -0.15) is 0 Å². The number of nitrogens with one attached hydrogen (secondary N) is 1. The molecule has 2 rings (SSSR count). The summed E-state index contributed by atoms with van der Waals surface area (Å²) in [5.41, 5.74) is 0.683. The molecule has 0 aromatic heterocycles. The maximum atomic E-state index is 11.8. The van der Waals surface area contributed by atoms with Gasteiger partial charge in [0.15, 0.2) is 0 Å². The second-order valence-corrected chi connectivity index (χ2v) is 5.18. The van der Waals surface area contributed by atoms with E-state index in [-0.39, 0.29) is 11.9 Å². The molecule has 0 saturated heterocycles. The van der Waals surface area contributed by atoms with Gasteiger partial charge in [-0.1, -0.05) is 0 Å². The van der Waals surface area contributed by atoms with Crippen LogP contribution in [-0.4, -0.2) is 18.1 Å². The van der Waals surface area contributed by atoms with Crippen molar-refractivity contribution < 1.29 is 9.53 Å². The Morgan fingerprint density at radius 1 is 1.22 bits per heavy atom. The summed E-state index contributed by atoms with van der Waals surface area (Å²) in [6.45, 7) is 3.91.